The van der Waals surface area contributed by atoms with Gasteiger partial charge in [-0.1, -0.05) is 18.2 Å². The summed E-state index contributed by atoms with van der Waals surface area (Å²) in [5.74, 6) is 0.810. The van der Waals surface area contributed by atoms with Gasteiger partial charge in [-0.3, -0.25) is 0 Å². The second-order valence-electron chi connectivity index (χ2n) is 4.79. The summed E-state index contributed by atoms with van der Waals surface area (Å²) >= 11 is 0. The van der Waals surface area contributed by atoms with Crippen molar-refractivity contribution < 1.29 is 0 Å². The maximum absolute atomic E-state index is 3.38. The molecule has 1 nitrogen and oxygen atoms in total. The Balaban J connectivity index is 2.20. The Morgan fingerprint density at radius 2 is 2.20 bits per heavy atom. The highest BCUT2D eigenvalue weighted by Gasteiger charge is 2.22. The van der Waals surface area contributed by atoms with E-state index < -0.39 is 0 Å². The van der Waals surface area contributed by atoms with Gasteiger partial charge in [0.2, 0.25) is 0 Å². The van der Waals surface area contributed by atoms with Gasteiger partial charge in [-0.05, 0) is 62.8 Å². The standard InChI is InChI=1S/C14H21N/c1-10-5-4-6-13-9-12(11(2)15-3)7-8-14(10)13/h4-6,11-12,15H,7-9H2,1-3H3. The first-order chi connectivity index (χ1) is 7.22. The molecule has 1 N–H and O–H groups in total. The molecule has 0 aliphatic heterocycles. The van der Waals surface area contributed by atoms with Crippen LogP contribution in [0.3, 0.4) is 0 Å². The summed E-state index contributed by atoms with van der Waals surface area (Å²) in [4.78, 5) is 0. The average molecular weight is 203 g/mol. The summed E-state index contributed by atoms with van der Waals surface area (Å²) in [6.45, 7) is 4.53. The van der Waals surface area contributed by atoms with Gasteiger partial charge in [0, 0.05) is 6.04 Å². The van der Waals surface area contributed by atoms with Crippen LogP contribution in [0.25, 0.3) is 0 Å². The van der Waals surface area contributed by atoms with Crippen LogP contribution < -0.4 is 5.32 Å². The number of hydrogen-bond acceptors (Lipinski definition) is 1. The van der Waals surface area contributed by atoms with Gasteiger partial charge >= 0.3 is 0 Å². The van der Waals surface area contributed by atoms with Crippen LogP contribution in [0.2, 0.25) is 0 Å². The molecule has 0 amide bonds. The first-order valence-corrected chi connectivity index (χ1v) is 5.97. The Labute approximate surface area is 92.9 Å². The summed E-state index contributed by atoms with van der Waals surface area (Å²) in [7, 11) is 2.07. The molecule has 82 valence electrons. The second-order valence-corrected chi connectivity index (χ2v) is 4.79. The maximum Gasteiger partial charge on any atom is 0.00672 e. The van der Waals surface area contributed by atoms with Crippen molar-refractivity contribution in [3.8, 4) is 0 Å². The minimum Gasteiger partial charge on any atom is -0.317 e. The van der Waals surface area contributed by atoms with Gasteiger partial charge in [0.1, 0.15) is 0 Å². The number of fused-ring (bicyclic) bond motifs is 1. The van der Waals surface area contributed by atoms with Crippen LogP contribution >= 0.6 is 0 Å². The molecule has 0 spiro atoms. The van der Waals surface area contributed by atoms with Crippen LogP contribution in [0.4, 0.5) is 0 Å². The zero-order valence-electron chi connectivity index (χ0n) is 10.0. The molecule has 1 aliphatic carbocycles. The van der Waals surface area contributed by atoms with Gasteiger partial charge in [0.05, 0.1) is 0 Å². The molecular weight excluding hydrogens is 182 g/mol. The summed E-state index contributed by atoms with van der Waals surface area (Å²) in [5, 5.41) is 3.38. The number of rotatable bonds is 2. The Kier molecular flexibility index (Phi) is 3.11. The lowest BCUT2D eigenvalue weighted by molar-refractivity contribution is 0.354. The zero-order chi connectivity index (χ0) is 10.8. The van der Waals surface area contributed by atoms with Crippen molar-refractivity contribution in [2.24, 2.45) is 5.92 Å². The van der Waals surface area contributed by atoms with Gasteiger partial charge in [0.15, 0.2) is 0 Å². The molecule has 0 radical (unpaired) electrons. The summed E-state index contributed by atoms with van der Waals surface area (Å²) in [5.41, 5.74) is 4.66. The Morgan fingerprint density at radius 3 is 2.93 bits per heavy atom. The molecule has 1 heteroatoms. The lowest BCUT2D eigenvalue weighted by atomic mass is 9.79. The van der Waals surface area contributed by atoms with Gasteiger partial charge < -0.3 is 5.32 Å². The topological polar surface area (TPSA) is 12.0 Å². The van der Waals surface area contributed by atoms with E-state index in [4.69, 9.17) is 0 Å². The molecule has 1 aromatic rings. The van der Waals surface area contributed by atoms with Gasteiger partial charge in [0.25, 0.3) is 0 Å². The van der Waals surface area contributed by atoms with Crippen molar-refractivity contribution in [2.45, 2.75) is 39.2 Å². The van der Waals surface area contributed by atoms with Crippen LogP contribution in [0.15, 0.2) is 18.2 Å². The van der Waals surface area contributed by atoms with Crippen LogP contribution in [0.1, 0.15) is 30.0 Å². The molecule has 15 heavy (non-hydrogen) atoms. The quantitative estimate of drug-likeness (QED) is 0.779. The normalized spacial score (nSPS) is 22.2. The molecule has 0 bridgehead atoms. The van der Waals surface area contributed by atoms with E-state index in [2.05, 4.69) is 44.4 Å². The molecule has 2 rings (SSSR count). The zero-order valence-corrected chi connectivity index (χ0v) is 10.0. The molecular formula is C14H21N. The van der Waals surface area contributed by atoms with E-state index in [1.807, 2.05) is 0 Å². The van der Waals surface area contributed by atoms with E-state index in [1.165, 1.54) is 24.8 Å². The fourth-order valence-electron chi connectivity index (χ4n) is 2.69. The molecule has 1 aromatic carbocycles. The molecule has 1 aliphatic rings. The third-order valence-corrected chi connectivity index (χ3v) is 3.92. The lowest BCUT2D eigenvalue weighted by Crippen LogP contribution is -2.34. The highest BCUT2D eigenvalue weighted by molar-refractivity contribution is 5.36. The predicted octanol–water partition coefficient (Wildman–Crippen LogP) is 2.71. The number of aryl methyl sites for hydroxylation is 1. The highest BCUT2D eigenvalue weighted by Crippen LogP contribution is 2.29. The van der Waals surface area contributed by atoms with Crippen LogP contribution in [0, 0.1) is 12.8 Å². The van der Waals surface area contributed by atoms with E-state index in [1.54, 1.807) is 11.1 Å². The largest absolute Gasteiger partial charge is 0.317 e. The summed E-state index contributed by atoms with van der Waals surface area (Å²) < 4.78 is 0. The number of hydrogen-bond donors (Lipinski definition) is 1. The molecule has 2 atom stereocenters. The van der Waals surface area contributed by atoms with Gasteiger partial charge in [-0.25, -0.2) is 0 Å². The average Bonchev–Trinajstić information content (AvgIpc) is 2.28. The van der Waals surface area contributed by atoms with E-state index in [-0.39, 0.29) is 0 Å². The first-order valence-electron chi connectivity index (χ1n) is 5.97. The van der Waals surface area contributed by atoms with Crippen molar-refractivity contribution in [3.63, 3.8) is 0 Å². The van der Waals surface area contributed by atoms with Crippen LogP contribution in [-0.2, 0) is 12.8 Å². The Morgan fingerprint density at radius 1 is 1.40 bits per heavy atom. The summed E-state index contributed by atoms with van der Waals surface area (Å²) in [6, 6.07) is 7.37. The van der Waals surface area contributed by atoms with Crippen LogP contribution in [0.5, 0.6) is 0 Å². The lowest BCUT2D eigenvalue weighted by Gasteiger charge is -2.30. The third-order valence-electron chi connectivity index (χ3n) is 3.92. The summed E-state index contributed by atoms with van der Waals surface area (Å²) in [6.07, 6.45) is 3.84. The minimum atomic E-state index is 0.638. The molecule has 0 saturated carbocycles. The molecule has 0 fully saturated rings. The van der Waals surface area contributed by atoms with Crippen molar-refractivity contribution in [1.82, 2.24) is 5.32 Å². The third kappa shape index (κ3) is 2.07. The molecule has 0 saturated heterocycles. The van der Waals surface area contributed by atoms with E-state index in [0.29, 0.717) is 6.04 Å². The predicted molar refractivity (Wildman–Crippen MR) is 65.2 cm³/mol. The van der Waals surface area contributed by atoms with Crippen molar-refractivity contribution >= 4 is 0 Å². The molecule has 2 unspecified atom stereocenters. The van der Waals surface area contributed by atoms with Gasteiger partial charge in [-0.2, -0.15) is 0 Å². The van der Waals surface area contributed by atoms with Crippen molar-refractivity contribution in [1.29, 1.82) is 0 Å². The van der Waals surface area contributed by atoms with Crippen LogP contribution in [-0.4, -0.2) is 13.1 Å². The van der Waals surface area contributed by atoms with E-state index in [9.17, 15) is 0 Å². The maximum atomic E-state index is 3.38. The molecule has 0 heterocycles. The Bertz CT molecular complexity index is 343. The number of nitrogens with one attached hydrogen (secondary N) is 1. The second kappa shape index (κ2) is 4.36. The minimum absolute atomic E-state index is 0.638. The van der Waals surface area contributed by atoms with Crippen molar-refractivity contribution in [2.75, 3.05) is 7.05 Å². The fraction of sp³-hybridized carbons (Fsp3) is 0.571. The smallest absolute Gasteiger partial charge is 0.00672 e. The highest BCUT2D eigenvalue weighted by atomic mass is 14.9. The van der Waals surface area contributed by atoms with Gasteiger partial charge in [-0.15, -0.1) is 0 Å². The fourth-order valence-corrected chi connectivity index (χ4v) is 2.69. The van der Waals surface area contributed by atoms with E-state index >= 15 is 0 Å². The molecule has 0 aromatic heterocycles. The first kappa shape index (κ1) is 10.7. The SMILES string of the molecule is CNC(C)C1CCc2c(C)cccc2C1. The monoisotopic (exact) mass is 203 g/mol. The Hall–Kier alpha value is -0.820. The number of benzene rings is 1. The van der Waals surface area contributed by atoms with Crippen molar-refractivity contribution in [3.05, 3.63) is 34.9 Å². The van der Waals surface area contributed by atoms with E-state index in [0.717, 1.165) is 5.92 Å².